The SMILES string of the molecule is O=C(O)c1cc(C=Cc2cccs2)nc2ccc(Br)cc12. The van der Waals surface area contributed by atoms with Crippen LogP contribution < -0.4 is 0 Å². The molecule has 0 aliphatic rings. The van der Waals surface area contributed by atoms with E-state index in [0.29, 0.717) is 16.6 Å². The Morgan fingerprint density at radius 1 is 1.24 bits per heavy atom. The molecule has 3 rings (SSSR count). The summed E-state index contributed by atoms with van der Waals surface area (Å²) in [6, 6.07) is 11.0. The van der Waals surface area contributed by atoms with Crippen LogP contribution in [-0.2, 0) is 0 Å². The second-order valence-corrected chi connectivity index (χ2v) is 6.31. The lowest BCUT2D eigenvalue weighted by atomic mass is 10.1. The van der Waals surface area contributed by atoms with Gasteiger partial charge >= 0.3 is 5.97 Å². The summed E-state index contributed by atoms with van der Waals surface area (Å²) in [6.45, 7) is 0. The molecule has 104 valence electrons. The molecule has 0 spiro atoms. The van der Waals surface area contributed by atoms with Gasteiger partial charge in [0.2, 0.25) is 0 Å². The van der Waals surface area contributed by atoms with E-state index in [4.69, 9.17) is 0 Å². The highest BCUT2D eigenvalue weighted by molar-refractivity contribution is 9.10. The Hall–Kier alpha value is -1.98. The monoisotopic (exact) mass is 359 g/mol. The molecule has 0 radical (unpaired) electrons. The molecule has 0 aliphatic heterocycles. The number of benzene rings is 1. The van der Waals surface area contributed by atoms with Crippen molar-refractivity contribution in [1.29, 1.82) is 0 Å². The highest BCUT2D eigenvalue weighted by atomic mass is 79.9. The topological polar surface area (TPSA) is 50.2 Å². The highest BCUT2D eigenvalue weighted by Crippen LogP contribution is 2.24. The lowest BCUT2D eigenvalue weighted by molar-refractivity contribution is 0.0699. The van der Waals surface area contributed by atoms with Crippen LogP contribution in [0.15, 0.2) is 46.3 Å². The van der Waals surface area contributed by atoms with E-state index in [0.717, 1.165) is 9.35 Å². The standard InChI is InChI=1S/C16H10BrNO2S/c17-10-3-6-15-13(8-10)14(16(19)20)9-11(18-15)4-5-12-2-1-7-21-12/h1-9H,(H,19,20). The number of carboxylic acids is 1. The summed E-state index contributed by atoms with van der Waals surface area (Å²) >= 11 is 4.98. The molecule has 0 aliphatic carbocycles. The van der Waals surface area contributed by atoms with Crippen molar-refractivity contribution in [3.63, 3.8) is 0 Å². The molecular formula is C16H10BrNO2S. The first-order valence-electron chi connectivity index (χ1n) is 6.19. The van der Waals surface area contributed by atoms with Crippen molar-refractivity contribution in [2.75, 3.05) is 0 Å². The molecule has 2 aromatic heterocycles. The zero-order valence-corrected chi connectivity index (χ0v) is 13.2. The maximum Gasteiger partial charge on any atom is 0.336 e. The van der Waals surface area contributed by atoms with Gasteiger partial charge in [-0.2, -0.15) is 0 Å². The van der Waals surface area contributed by atoms with Gasteiger partial charge in [0.25, 0.3) is 0 Å². The van der Waals surface area contributed by atoms with Crippen LogP contribution in [0.1, 0.15) is 20.9 Å². The molecule has 5 heteroatoms. The largest absolute Gasteiger partial charge is 0.478 e. The first kappa shape index (κ1) is 14.0. The van der Waals surface area contributed by atoms with Gasteiger partial charge in [-0.3, -0.25) is 0 Å². The van der Waals surface area contributed by atoms with Crippen LogP contribution in [0.4, 0.5) is 0 Å². The van der Waals surface area contributed by atoms with E-state index in [-0.39, 0.29) is 5.56 Å². The van der Waals surface area contributed by atoms with Crippen LogP contribution >= 0.6 is 27.3 Å². The van der Waals surface area contributed by atoms with E-state index in [1.54, 1.807) is 23.5 Å². The summed E-state index contributed by atoms with van der Waals surface area (Å²) < 4.78 is 0.834. The molecule has 2 heterocycles. The number of carboxylic acid groups (broad SMARTS) is 1. The second kappa shape index (κ2) is 5.79. The van der Waals surface area contributed by atoms with Crippen LogP contribution in [0, 0.1) is 0 Å². The number of nitrogens with zero attached hydrogens (tertiary/aromatic N) is 1. The number of hydrogen-bond acceptors (Lipinski definition) is 3. The van der Waals surface area contributed by atoms with Crippen molar-refractivity contribution in [1.82, 2.24) is 4.98 Å². The summed E-state index contributed by atoms with van der Waals surface area (Å²) in [5.41, 5.74) is 1.56. The van der Waals surface area contributed by atoms with Gasteiger partial charge < -0.3 is 5.11 Å². The van der Waals surface area contributed by atoms with Crippen molar-refractivity contribution in [3.8, 4) is 0 Å². The van der Waals surface area contributed by atoms with Gasteiger partial charge in [0, 0.05) is 14.7 Å². The zero-order chi connectivity index (χ0) is 14.8. The van der Waals surface area contributed by atoms with Gasteiger partial charge in [0.15, 0.2) is 0 Å². The van der Waals surface area contributed by atoms with Crippen LogP contribution in [-0.4, -0.2) is 16.1 Å². The number of rotatable bonds is 3. The molecule has 21 heavy (non-hydrogen) atoms. The summed E-state index contributed by atoms with van der Waals surface area (Å²) in [5.74, 6) is -0.953. The maximum absolute atomic E-state index is 11.4. The van der Waals surface area contributed by atoms with Gasteiger partial charge in [-0.05, 0) is 47.9 Å². The minimum absolute atomic E-state index is 0.257. The molecule has 0 fully saturated rings. The minimum atomic E-state index is -0.953. The third kappa shape index (κ3) is 3.04. The Morgan fingerprint density at radius 2 is 2.10 bits per heavy atom. The van der Waals surface area contributed by atoms with Crippen LogP contribution in [0.5, 0.6) is 0 Å². The number of aromatic carboxylic acids is 1. The average Bonchev–Trinajstić information content (AvgIpc) is 2.97. The quantitative estimate of drug-likeness (QED) is 0.721. The number of thiophene rings is 1. The Balaban J connectivity index is 2.12. The molecule has 0 saturated carbocycles. The molecule has 3 nitrogen and oxygen atoms in total. The fraction of sp³-hybridized carbons (Fsp3) is 0. The molecule has 0 saturated heterocycles. The molecule has 0 atom stereocenters. The summed E-state index contributed by atoms with van der Waals surface area (Å²) in [7, 11) is 0. The number of pyridine rings is 1. The molecule has 1 aromatic carbocycles. The molecule has 1 N–H and O–H groups in total. The number of carbonyl (C=O) groups is 1. The molecule has 0 amide bonds. The lowest BCUT2D eigenvalue weighted by Crippen LogP contribution is -2.00. The van der Waals surface area contributed by atoms with Gasteiger partial charge in [0.1, 0.15) is 0 Å². The predicted molar refractivity (Wildman–Crippen MR) is 89.6 cm³/mol. The van der Waals surface area contributed by atoms with Crippen molar-refractivity contribution in [2.45, 2.75) is 0 Å². The Bertz CT molecular complexity index is 841. The molecule has 0 bridgehead atoms. The molecule has 0 unspecified atom stereocenters. The average molecular weight is 360 g/mol. The van der Waals surface area contributed by atoms with E-state index < -0.39 is 5.97 Å². The fourth-order valence-electron chi connectivity index (χ4n) is 2.03. The van der Waals surface area contributed by atoms with Crippen LogP contribution in [0.3, 0.4) is 0 Å². The van der Waals surface area contributed by atoms with Crippen molar-refractivity contribution in [2.24, 2.45) is 0 Å². The zero-order valence-electron chi connectivity index (χ0n) is 10.8. The van der Waals surface area contributed by atoms with Gasteiger partial charge in [-0.15, -0.1) is 11.3 Å². The summed E-state index contributed by atoms with van der Waals surface area (Å²) in [4.78, 5) is 17.0. The van der Waals surface area contributed by atoms with Crippen molar-refractivity contribution < 1.29 is 9.90 Å². The third-order valence-electron chi connectivity index (χ3n) is 2.98. The summed E-state index contributed by atoms with van der Waals surface area (Å²) in [5, 5.41) is 12.0. The van der Waals surface area contributed by atoms with E-state index in [1.165, 1.54) is 0 Å². The van der Waals surface area contributed by atoms with Crippen LogP contribution in [0.25, 0.3) is 23.1 Å². The number of aromatic nitrogens is 1. The summed E-state index contributed by atoms with van der Waals surface area (Å²) in [6.07, 6.45) is 3.77. The van der Waals surface area contributed by atoms with Crippen LogP contribution in [0.2, 0.25) is 0 Å². The van der Waals surface area contributed by atoms with E-state index in [2.05, 4.69) is 20.9 Å². The third-order valence-corrected chi connectivity index (χ3v) is 4.31. The lowest BCUT2D eigenvalue weighted by Gasteiger charge is -2.05. The first-order chi connectivity index (χ1) is 10.1. The van der Waals surface area contributed by atoms with Crippen molar-refractivity contribution >= 4 is 56.3 Å². The number of fused-ring (bicyclic) bond motifs is 1. The minimum Gasteiger partial charge on any atom is -0.478 e. The molecular weight excluding hydrogens is 350 g/mol. The first-order valence-corrected chi connectivity index (χ1v) is 7.86. The highest BCUT2D eigenvalue weighted by Gasteiger charge is 2.11. The van der Waals surface area contributed by atoms with Gasteiger partial charge in [0.05, 0.1) is 16.8 Å². The normalized spacial score (nSPS) is 11.3. The predicted octanol–water partition coefficient (Wildman–Crippen LogP) is 4.93. The van der Waals surface area contributed by atoms with E-state index >= 15 is 0 Å². The maximum atomic E-state index is 11.4. The number of halogens is 1. The van der Waals surface area contributed by atoms with E-state index in [9.17, 15) is 9.90 Å². The Kier molecular flexibility index (Phi) is 3.86. The number of hydrogen-bond donors (Lipinski definition) is 1. The van der Waals surface area contributed by atoms with Crippen molar-refractivity contribution in [3.05, 3.63) is 62.4 Å². The molecule has 3 aromatic rings. The smallest absolute Gasteiger partial charge is 0.336 e. The fourth-order valence-corrected chi connectivity index (χ4v) is 3.01. The second-order valence-electron chi connectivity index (χ2n) is 4.41. The van der Waals surface area contributed by atoms with E-state index in [1.807, 2.05) is 41.8 Å². The van der Waals surface area contributed by atoms with Gasteiger partial charge in [-0.1, -0.05) is 22.0 Å². The Labute approximate surface area is 133 Å². The van der Waals surface area contributed by atoms with Gasteiger partial charge in [-0.25, -0.2) is 9.78 Å². The Morgan fingerprint density at radius 3 is 2.81 bits per heavy atom.